The Hall–Kier alpha value is -3.83. The van der Waals surface area contributed by atoms with E-state index in [-0.39, 0.29) is 41.9 Å². The summed E-state index contributed by atoms with van der Waals surface area (Å²) in [5.74, 6) is -0.375. The molecule has 3 unspecified atom stereocenters. The zero-order chi connectivity index (χ0) is 29.4. The smallest absolute Gasteiger partial charge is 0.326 e. The minimum atomic E-state index is -0.789. The highest BCUT2D eigenvalue weighted by molar-refractivity contribution is 8.04. The lowest BCUT2D eigenvalue weighted by Gasteiger charge is -2.46. The maximum Gasteiger partial charge on any atom is 0.326 e. The van der Waals surface area contributed by atoms with Crippen LogP contribution in [0.3, 0.4) is 0 Å². The molecule has 0 aromatic heterocycles. The van der Waals surface area contributed by atoms with E-state index in [0.717, 1.165) is 36.0 Å². The van der Waals surface area contributed by atoms with Gasteiger partial charge in [0.2, 0.25) is 0 Å². The highest BCUT2D eigenvalue weighted by atomic mass is 32.2. The number of hydrogen-bond acceptors (Lipinski definition) is 6. The Balaban J connectivity index is 1.20. The highest BCUT2D eigenvalue weighted by Crippen LogP contribution is 2.48. The summed E-state index contributed by atoms with van der Waals surface area (Å²) < 4.78 is 19.9. The molecule has 4 amide bonds. The monoisotopic (exact) mass is 591 g/mol. The van der Waals surface area contributed by atoms with E-state index >= 15 is 0 Å². The number of aryl methyl sites for hydroxylation is 1. The van der Waals surface area contributed by atoms with Gasteiger partial charge in [0.05, 0.1) is 16.3 Å². The topological polar surface area (TPSA) is 103 Å². The molecule has 2 aromatic rings. The van der Waals surface area contributed by atoms with Gasteiger partial charge in [-0.25, -0.2) is 9.18 Å². The summed E-state index contributed by atoms with van der Waals surface area (Å²) in [6.07, 6.45) is 3.26. The molecule has 2 aromatic carbocycles. The van der Waals surface area contributed by atoms with E-state index in [1.54, 1.807) is 0 Å². The summed E-state index contributed by atoms with van der Waals surface area (Å²) in [6.45, 7) is 4.87. The Morgan fingerprint density at radius 1 is 1.14 bits per heavy atom. The van der Waals surface area contributed by atoms with Crippen molar-refractivity contribution < 1.29 is 23.5 Å². The van der Waals surface area contributed by atoms with Gasteiger partial charge in [-0.3, -0.25) is 14.5 Å². The van der Waals surface area contributed by atoms with Crippen molar-refractivity contribution in [3.05, 3.63) is 76.6 Å². The van der Waals surface area contributed by atoms with Gasteiger partial charge in [0.1, 0.15) is 11.5 Å². The number of nitrogens with zero attached hydrogens (tertiary/aromatic N) is 2. The molecule has 4 atom stereocenters. The molecule has 0 saturated carbocycles. The number of para-hydroxylation sites is 1. The first-order chi connectivity index (χ1) is 20.3. The molecule has 11 heteroatoms. The number of carbonyl (C=O) groups is 3. The van der Waals surface area contributed by atoms with E-state index in [0.29, 0.717) is 35.7 Å². The molecular weight excluding hydrogens is 557 g/mol. The molecule has 42 heavy (non-hydrogen) atoms. The van der Waals surface area contributed by atoms with Gasteiger partial charge in [-0.15, -0.1) is 0 Å². The Bertz CT molecular complexity index is 1460. The van der Waals surface area contributed by atoms with Crippen molar-refractivity contribution in [3.63, 3.8) is 0 Å². The second-order valence-corrected chi connectivity index (χ2v) is 12.1. The number of anilines is 1. The Kier molecular flexibility index (Phi) is 7.96. The number of piperidine rings is 2. The van der Waals surface area contributed by atoms with Gasteiger partial charge < -0.3 is 25.6 Å². The maximum absolute atomic E-state index is 13.9. The number of carbonyl (C=O) groups excluding carboxylic acids is 3. The van der Waals surface area contributed by atoms with Crippen molar-refractivity contribution in [2.24, 2.45) is 5.92 Å². The number of nitrogens with one attached hydrogen (secondary N) is 3. The largest absolute Gasteiger partial charge is 0.457 e. The third kappa shape index (κ3) is 5.38. The van der Waals surface area contributed by atoms with Gasteiger partial charge in [0, 0.05) is 36.4 Å². The minimum Gasteiger partial charge on any atom is -0.457 e. The number of urea groups is 1. The average Bonchev–Trinajstić information content (AvgIpc) is 3.37. The predicted molar refractivity (Wildman–Crippen MR) is 160 cm³/mol. The fraction of sp³-hybridized carbons (Fsp3) is 0.387. The standard InChI is InChI=1S/C31H34FN5O4S/c1-3-22(32)30(39)36-15-7-8-19(17-36)34-28(38)27-26-25-24(13-14-33-29(25)42-27)37(31(40)35-26)23-12-11-21(16-18(23)2)41-20-9-5-4-6-10-20/h3-6,9-12,16,19,24-25,29,33H,7-8,13-15,17H2,1-2H3,(H,34,38)(H,35,40)/b22-3-/t19-,24?,25?,29?/m1/s1. The average molecular weight is 592 g/mol. The Morgan fingerprint density at radius 2 is 1.95 bits per heavy atom. The lowest BCUT2D eigenvalue weighted by Crippen LogP contribution is -2.62. The third-order valence-corrected chi connectivity index (χ3v) is 9.61. The number of allylic oxidation sites excluding steroid dienone is 1. The molecule has 4 aliphatic heterocycles. The summed E-state index contributed by atoms with van der Waals surface area (Å²) in [5.41, 5.74) is 2.36. The van der Waals surface area contributed by atoms with E-state index in [4.69, 9.17) is 4.74 Å². The Labute approximate surface area is 248 Å². The molecule has 3 fully saturated rings. The summed E-state index contributed by atoms with van der Waals surface area (Å²) in [4.78, 5) is 43.3. The van der Waals surface area contributed by atoms with Crippen LogP contribution in [0.1, 0.15) is 31.7 Å². The molecule has 9 nitrogen and oxygen atoms in total. The number of thioether (sulfide) groups is 1. The number of rotatable bonds is 6. The summed E-state index contributed by atoms with van der Waals surface area (Å²) in [6, 6.07) is 14.6. The summed E-state index contributed by atoms with van der Waals surface area (Å²) >= 11 is 1.44. The van der Waals surface area contributed by atoms with Gasteiger partial charge in [0.15, 0.2) is 5.83 Å². The zero-order valence-corrected chi connectivity index (χ0v) is 24.4. The third-order valence-electron chi connectivity index (χ3n) is 8.26. The van der Waals surface area contributed by atoms with Crippen LogP contribution in [0.4, 0.5) is 14.9 Å². The number of hydrogen-bond donors (Lipinski definition) is 3. The van der Waals surface area contributed by atoms with Crippen LogP contribution in [0.5, 0.6) is 11.5 Å². The van der Waals surface area contributed by atoms with Gasteiger partial charge in [-0.1, -0.05) is 30.0 Å². The molecule has 0 bridgehead atoms. The quantitative estimate of drug-likeness (QED) is 0.426. The molecule has 0 aliphatic carbocycles. The maximum atomic E-state index is 13.9. The first-order valence-corrected chi connectivity index (χ1v) is 15.2. The van der Waals surface area contributed by atoms with Crippen molar-refractivity contribution in [3.8, 4) is 11.5 Å². The van der Waals surface area contributed by atoms with Crippen molar-refractivity contribution in [1.82, 2.24) is 20.9 Å². The Morgan fingerprint density at radius 3 is 2.71 bits per heavy atom. The predicted octanol–water partition coefficient (Wildman–Crippen LogP) is 4.56. The molecule has 3 saturated heterocycles. The number of likely N-dealkylation sites (tertiary alicyclic amines) is 1. The van der Waals surface area contributed by atoms with Gasteiger partial charge in [0.25, 0.3) is 11.8 Å². The van der Waals surface area contributed by atoms with Crippen molar-refractivity contribution in [2.75, 3.05) is 24.5 Å². The van der Waals surface area contributed by atoms with Crippen LogP contribution in [-0.4, -0.2) is 59.8 Å². The van der Waals surface area contributed by atoms with E-state index in [1.807, 2.05) is 60.4 Å². The lowest BCUT2D eigenvalue weighted by atomic mass is 9.86. The fourth-order valence-electron chi connectivity index (χ4n) is 6.29. The zero-order valence-electron chi connectivity index (χ0n) is 23.6. The second-order valence-electron chi connectivity index (χ2n) is 11.0. The van der Waals surface area contributed by atoms with Crippen molar-refractivity contribution in [1.29, 1.82) is 0 Å². The van der Waals surface area contributed by atoms with Crippen LogP contribution in [0, 0.1) is 12.8 Å². The molecule has 0 spiro atoms. The molecule has 0 radical (unpaired) electrons. The van der Waals surface area contributed by atoms with E-state index in [1.165, 1.54) is 23.6 Å². The number of halogens is 1. The van der Waals surface area contributed by atoms with Crippen LogP contribution < -0.4 is 25.6 Å². The minimum absolute atomic E-state index is 0.0585. The van der Waals surface area contributed by atoms with Gasteiger partial charge >= 0.3 is 6.03 Å². The summed E-state index contributed by atoms with van der Waals surface area (Å²) in [5, 5.41) is 9.56. The number of ether oxygens (including phenoxy) is 1. The van der Waals surface area contributed by atoms with E-state index < -0.39 is 11.7 Å². The first kappa shape index (κ1) is 28.3. The molecule has 3 N–H and O–H groups in total. The SMILES string of the molecule is C/C=C(\F)C(=O)N1CCC[C@@H](NC(=O)C2=C3NC(=O)N(c4ccc(Oc5ccccc5)cc4C)C4CCNC(S2)C34)C1. The summed E-state index contributed by atoms with van der Waals surface area (Å²) in [7, 11) is 0. The molecule has 6 rings (SSSR count). The van der Waals surface area contributed by atoms with Crippen LogP contribution >= 0.6 is 11.8 Å². The van der Waals surface area contributed by atoms with Gasteiger partial charge in [-0.2, -0.15) is 0 Å². The molecule has 220 valence electrons. The molecular formula is C31H34FN5O4S. The van der Waals surface area contributed by atoms with Crippen LogP contribution in [0.2, 0.25) is 0 Å². The molecule has 4 aliphatic rings. The van der Waals surface area contributed by atoms with Crippen LogP contribution in [-0.2, 0) is 9.59 Å². The van der Waals surface area contributed by atoms with Crippen molar-refractivity contribution in [2.45, 2.75) is 50.6 Å². The number of amides is 4. The number of benzene rings is 2. The molecule has 4 heterocycles. The normalized spacial score (nSPS) is 25.6. The van der Waals surface area contributed by atoms with E-state index in [2.05, 4.69) is 16.0 Å². The van der Waals surface area contributed by atoms with E-state index in [9.17, 15) is 18.8 Å². The van der Waals surface area contributed by atoms with Crippen LogP contribution in [0.15, 0.2) is 71.0 Å². The highest BCUT2D eigenvalue weighted by Gasteiger charge is 2.52. The van der Waals surface area contributed by atoms with Gasteiger partial charge in [-0.05, 0) is 81.6 Å². The lowest BCUT2D eigenvalue weighted by molar-refractivity contribution is -0.130. The fourth-order valence-corrected chi connectivity index (χ4v) is 7.69. The second kappa shape index (κ2) is 11.8. The first-order valence-electron chi connectivity index (χ1n) is 14.3. The van der Waals surface area contributed by atoms with Crippen molar-refractivity contribution >= 4 is 35.3 Å². The van der Waals surface area contributed by atoms with Crippen LogP contribution in [0.25, 0.3) is 0 Å².